The number of ketones is 1. The Morgan fingerprint density at radius 2 is 1.95 bits per heavy atom. The number of benzene rings is 1. The van der Waals surface area contributed by atoms with Gasteiger partial charge in [0.2, 0.25) is 0 Å². The summed E-state index contributed by atoms with van der Waals surface area (Å²) in [4.78, 5) is 11.8. The van der Waals surface area contributed by atoms with Crippen molar-refractivity contribution in [2.75, 3.05) is 19.8 Å². The molecule has 1 fully saturated rings. The summed E-state index contributed by atoms with van der Waals surface area (Å²) in [5.74, 6) is -0.282. The van der Waals surface area contributed by atoms with Crippen molar-refractivity contribution < 1.29 is 18.7 Å². The van der Waals surface area contributed by atoms with Crippen molar-refractivity contribution in [1.29, 1.82) is 0 Å². The van der Waals surface area contributed by atoms with Gasteiger partial charge in [0.15, 0.2) is 5.78 Å². The summed E-state index contributed by atoms with van der Waals surface area (Å²) in [6, 6.07) is 5.67. The van der Waals surface area contributed by atoms with Gasteiger partial charge in [-0.1, -0.05) is 0 Å². The van der Waals surface area contributed by atoms with Crippen molar-refractivity contribution in [2.45, 2.75) is 31.8 Å². The van der Waals surface area contributed by atoms with Gasteiger partial charge in [0.05, 0.1) is 6.10 Å². The molecule has 1 aromatic rings. The fourth-order valence-corrected chi connectivity index (χ4v) is 2.11. The number of halogens is 1. The Balaban J connectivity index is 1.64. The first-order chi connectivity index (χ1) is 9.25. The topological polar surface area (TPSA) is 35.5 Å². The molecule has 0 bridgehead atoms. The first-order valence-corrected chi connectivity index (χ1v) is 6.74. The van der Waals surface area contributed by atoms with Gasteiger partial charge < -0.3 is 9.47 Å². The molecular weight excluding hydrogens is 247 g/mol. The molecule has 3 nitrogen and oxygen atoms in total. The van der Waals surface area contributed by atoms with Gasteiger partial charge in [-0.3, -0.25) is 4.79 Å². The molecule has 0 spiro atoms. The minimum atomic E-state index is -0.320. The molecular formula is C15H19FO3. The van der Waals surface area contributed by atoms with Gasteiger partial charge in [0, 0.05) is 31.8 Å². The van der Waals surface area contributed by atoms with Gasteiger partial charge in [0.1, 0.15) is 5.82 Å². The van der Waals surface area contributed by atoms with E-state index in [4.69, 9.17) is 9.47 Å². The third-order valence-corrected chi connectivity index (χ3v) is 3.24. The van der Waals surface area contributed by atoms with Crippen LogP contribution in [-0.4, -0.2) is 31.7 Å². The van der Waals surface area contributed by atoms with E-state index in [0.29, 0.717) is 25.0 Å². The summed E-state index contributed by atoms with van der Waals surface area (Å²) in [6.45, 7) is 2.12. The average molecular weight is 266 g/mol. The van der Waals surface area contributed by atoms with Crippen LogP contribution >= 0.6 is 0 Å². The summed E-state index contributed by atoms with van der Waals surface area (Å²) in [6.07, 6.45) is 3.29. The molecule has 2 rings (SSSR count). The quantitative estimate of drug-likeness (QED) is 0.586. The molecule has 0 radical (unpaired) electrons. The largest absolute Gasteiger partial charge is 0.381 e. The number of Topliss-reactive ketones (excluding diaryl/α,β-unsaturated/α-hetero) is 1. The molecule has 104 valence electrons. The fraction of sp³-hybridized carbons (Fsp3) is 0.533. The lowest BCUT2D eigenvalue weighted by Crippen LogP contribution is -2.23. The van der Waals surface area contributed by atoms with Gasteiger partial charge in [-0.05, 0) is 43.5 Å². The lowest BCUT2D eigenvalue weighted by molar-refractivity contribution is -0.0323. The molecule has 0 aliphatic carbocycles. The Labute approximate surface area is 112 Å². The molecule has 0 amide bonds. The zero-order valence-corrected chi connectivity index (χ0v) is 10.9. The molecule has 19 heavy (non-hydrogen) atoms. The molecule has 0 N–H and O–H groups in total. The zero-order valence-electron chi connectivity index (χ0n) is 10.9. The Hall–Kier alpha value is -1.26. The number of carbonyl (C=O) groups is 1. The van der Waals surface area contributed by atoms with Crippen molar-refractivity contribution in [3.05, 3.63) is 35.6 Å². The summed E-state index contributed by atoms with van der Waals surface area (Å²) in [5.41, 5.74) is 0.562. The lowest BCUT2D eigenvalue weighted by Gasteiger charge is -2.22. The predicted molar refractivity (Wildman–Crippen MR) is 69.8 cm³/mol. The number of carbonyl (C=O) groups excluding carboxylic acids is 1. The van der Waals surface area contributed by atoms with E-state index < -0.39 is 0 Å². The maximum atomic E-state index is 12.7. The zero-order chi connectivity index (χ0) is 13.5. The van der Waals surface area contributed by atoms with Crippen molar-refractivity contribution in [3.63, 3.8) is 0 Å². The van der Waals surface area contributed by atoms with Gasteiger partial charge in [-0.2, -0.15) is 0 Å². The van der Waals surface area contributed by atoms with Gasteiger partial charge in [-0.15, -0.1) is 0 Å². The molecule has 1 saturated heterocycles. The third-order valence-electron chi connectivity index (χ3n) is 3.24. The van der Waals surface area contributed by atoms with E-state index in [1.807, 2.05) is 0 Å². The Morgan fingerprint density at radius 3 is 2.63 bits per heavy atom. The summed E-state index contributed by atoms with van der Waals surface area (Å²) < 4.78 is 23.7. The van der Waals surface area contributed by atoms with E-state index in [1.54, 1.807) is 0 Å². The van der Waals surface area contributed by atoms with E-state index in [1.165, 1.54) is 24.3 Å². The van der Waals surface area contributed by atoms with Crippen LogP contribution < -0.4 is 0 Å². The summed E-state index contributed by atoms with van der Waals surface area (Å²) >= 11 is 0. The van der Waals surface area contributed by atoms with Crippen LogP contribution in [0.5, 0.6) is 0 Å². The van der Waals surface area contributed by atoms with Crippen LogP contribution in [0.1, 0.15) is 36.0 Å². The normalized spacial score (nSPS) is 16.5. The number of ether oxygens (including phenoxy) is 2. The molecule has 0 aromatic heterocycles. The van der Waals surface area contributed by atoms with Crippen LogP contribution in [-0.2, 0) is 9.47 Å². The Morgan fingerprint density at radius 1 is 1.26 bits per heavy atom. The maximum absolute atomic E-state index is 12.7. The Kier molecular flexibility index (Phi) is 5.48. The van der Waals surface area contributed by atoms with Gasteiger partial charge in [-0.25, -0.2) is 4.39 Å². The van der Waals surface area contributed by atoms with Crippen LogP contribution in [0, 0.1) is 5.82 Å². The third kappa shape index (κ3) is 4.73. The molecule has 0 unspecified atom stereocenters. The van der Waals surface area contributed by atoms with E-state index in [2.05, 4.69) is 0 Å². The molecule has 1 aromatic carbocycles. The minimum absolute atomic E-state index is 0.0376. The smallest absolute Gasteiger partial charge is 0.162 e. The highest BCUT2D eigenvalue weighted by Gasteiger charge is 2.14. The highest BCUT2D eigenvalue weighted by Crippen LogP contribution is 2.12. The monoisotopic (exact) mass is 266 g/mol. The molecule has 1 aliphatic heterocycles. The summed E-state index contributed by atoms with van der Waals surface area (Å²) in [7, 11) is 0. The second kappa shape index (κ2) is 7.36. The molecule has 1 heterocycles. The molecule has 0 atom stereocenters. The van der Waals surface area contributed by atoms with Crippen molar-refractivity contribution >= 4 is 5.78 Å². The van der Waals surface area contributed by atoms with Crippen molar-refractivity contribution in [1.82, 2.24) is 0 Å². The second-order valence-corrected chi connectivity index (χ2v) is 4.72. The number of hydrogen-bond acceptors (Lipinski definition) is 3. The van der Waals surface area contributed by atoms with E-state index in [-0.39, 0.29) is 17.7 Å². The highest BCUT2D eigenvalue weighted by atomic mass is 19.1. The van der Waals surface area contributed by atoms with Crippen LogP contribution in [0.2, 0.25) is 0 Å². The fourth-order valence-electron chi connectivity index (χ4n) is 2.11. The number of hydrogen-bond donors (Lipinski definition) is 0. The second-order valence-electron chi connectivity index (χ2n) is 4.72. The van der Waals surface area contributed by atoms with Gasteiger partial charge >= 0.3 is 0 Å². The van der Waals surface area contributed by atoms with Gasteiger partial charge in [0.25, 0.3) is 0 Å². The van der Waals surface area contributed by atoms with E-state index in [0.717, 1.165) is 26.1 Å². The first-order valence-electron chi connectivity index (χ1n) is 6.74. The SMILES string of the molecule is O=C(CCCOC1CCOCC1)c1ccc(F)cc1. The van der Waals surface area contributed by atoms with Crippen molar-refractivity contribution in [2.24, 2.45) is 0 Å². The molecule has 1 aliphatic rings. The standard InChI is InChI=1S/C15H19FO3/c16-13-5-3-12(4-6-13)15(17)2-1-9-19-14-7-10-18-11-8-14/h3-6,14H,1-2,7-11H2. The van der Waals surface area contributed by atoms with Crippen LogP contribution in [0.25, 0.3) is 0 Å². The summed E-state index contributed by atoms with van der Waals surface area (Å²) in [5, 5.41) is 0. The van der Waals surface area contributed by atoms with E-state index in [9.17, 15) is 9.18 Å². The average Bonchev–Trinajstić information content (AvgIpc) is 2.45. The van der Waals surface area contributed by atoms with E-state index >= 15 is 0 Å². The molecule has 0 saturated carbocycles. The number of rotatable bonds is 6. The predicted octanol–water partition coefficient (Wildman–Crippen LogP) is 2.98. The van der Waals surface area contributed by atoms with Crippen LogP contribution in [0.15, 0.2) is 24.3 Å². The molecule has 4 heteroatoms. The Bertz CT molecular complexity index is 396. The van der Waals surface area contributed by atoms with Crippen molar-refractivity contribution in [3.8, 4) is 0 Å². The first kappa shape index (κ1) is 14.2. The van der Waals surface area contributed by atoms with Crippen LogP contribution in [0.3, 0.4) is 0 Å². The van der Waals surface area contributed by atoms with Crippen LogP contribution in [0.4, 0.5) is 4.39 Å². The maximum Gasteiger partial charge on any atom is 0.162 e. The highest BCUT2D eigenvalue weighted by molar-refractivity contribution is 5.95. The lowest BCUT2D eigenvalue weighted by atomic mass is 10.1. The minimum Gasteiger partial charge on any atom is -0.381 e.